The second-order valence-electron chi connectivity index (χ2n) is 7.20. The number of fused-ring (bicyclic) bond motifs is 2. The first-order valence-electron chi connectivity index (χ1n) is 9.70. The fraction of sp³-hybridized carbons (Fsp3) is 0.318. The van der Waals surface area contributed by atoms with Crippen LogP contribution in [0.3, 0.4) is 0 Å². The van der Waals surface area contributed by atoms with Crippen LogP contribution in [0.2, 0.25) is 0 Å². The summed E-state index contributed by atoms with van der Waals surface area (Å²) in [5.74, 6) is -0.0210. The maximum absolute atomic E-state index is 12.3. The van der Waals surface area contributed by atoms with E-state index >= 15 is 0 Å². The van der Waals surface area contributed by atoms with Gasteiger partial charge < -0.3 is 15.2 Å². The van der Waals surface area contributed by atoms with Gasteiger partial charge in [0.1, 0.15) is 5.75 Å². The van der Waals surface area contributed by atoms with E-state index in [0.717, 1.165) is 23.3 Å². The number of aliphatic hydroxyl groups is 1. The van der Waals surface area contributed by atoms with Crippen LogP contribution in [0, 0.1) is 0 Å². The first kappa shape index (κ1) is 19.1. The Morgan fingerprint density at radius 3 is 2.59 bits per heavy atom. The second kappa shape index (κ2) is 8.05. The Hall–Kier alpha value is -3.19. The number of hydrogen-bond acceptors (Lipinski definition) is 5. The molecular weight excluding hydrogens is 372 g/mol. The number of imide groups is 1. The number of aliphatic hydroxyl groups excluding tert-OH is 1. The number of hydrogen-bond donors (Lipinski definition) is 2. The number of carbonyl (C=O) groups is 3. The summed E-state index contributed by atoms with van der Waals surface area (Å²) >= 11 is 0. The van der Waals surface area contributed by atoms with E-state index in [2.05, 4.69) is 5.32 Å². The monoisotopic (exact) mass is 394 g/mol. The molecule has 2 aromatic carbocycles. The fourth-order valence-electron chi connectivity index (χ4n) is 3.67. The summed E-state index contributed by atoms with van der Waals surface area (Å²) < 4.78 is 5.45. The lowest BCUT2D eigenvalue weighted by Gasteiger charge is -2.15. The second-order valence-corrected chi connectivity index (χ2v) is 7.20. The predicted molar refractivity (Wildman–Crippen MR) is 105 cm³/mol. The Balaban J connectivity index is 1.23. The van der Waals surface area contributed by atoms with Crippen molar-refractivity contribution in [2.75, 3.05) is 19.7 Å². The van der Waals surface area contributed by atoms with Gasteiger partial charge in [0.15, 0.2) is 0 Å². The average Bonchev–Trinajstić information content (AvgIpc) is 3.30. The summed E-state index contributed by atoms with van der Waals surface area (Å²) in [5.41, 5.74) is 2.61. The summed E-state index contributed by atoms with van der Waals surface area (Å²) in [6.07, 6.45) is 0.544. The SMILES string of the molecule is O=C(CCCN1C(=O)c2ccccc2C1=O)NCC(O)c1ccc2c(c1)CCO2. The minimum Gasteiger partial charge on any atom is -0.493 e. The van der Waals surface area contributed by atoms with Gasteiger partial charge in [0.2, 0.25) is 5.91 Å². The zero-order chi connectivity index (χ0) is 20.4. The van der Waals surface area contributed by atoms with Crippen LogP contribution in [0.1, 0.15) is 50.8 Å². The molecule has 1 atom stereocenters. The van der Waals surface area contributed by atoms with Gasteiger partial charge in [-0.25, -0.2) is 0 Å². The minimum atomic E-state index is -0.805. The number of benzene rings is 2. The van der Waals surface area contributed by atoms with Crippen LogP contribution >= 0.6 is 0 Å². The van der Waals surface area contributed by atoms with Gasteiger partial charge in [0.25, 0.3) is 11.8 Å². The molecule has 1 unspecified atom stereocenters. The number of amides is 3. The van der Waals surface area contributed by atoms with Crippen molar-refractivity contribution >= 4 is 17.7 Å². The Kier molecular flexibility index (Phi) is 5.31. The van der Waals surface area contributed by atoms with E-state index in [0.29, 0.717) is 24.2 Å². The van der Waals surface area contributed by atoms with Gasteiger partial charge >= 0.3 is 0 Å². The smallest absolute Gasteiger partial charge is 0.261 e. The lowest BCUT2D eigenvalue weighted by atomic mass is 10.0. The Morgan fingerprint density at radius 2 is 1.86 bits per heavy atom. The molecule has 2 heterocycles. The van der Waals surface area contributed by atoms with Gasteiger partial charge in [-0.1, -0.05) is 18.2 Å². The molecule has 2 aliphatic rings. The molecule has 150 valence electrons. The number of nitrogens with zero attached hydrogens (tertiary/aromatic N) is 1. The standard InChI is InChI=1S/C22H22N2O5/c25-18(14-7-8-19-15(12-14)9-11-29-19)13-23-20(26)6-3-10-24-21(27)16-4-1-2-5-17(16)22(24)28/h1-2,4-5,7-8,12,18,25H,3,6,9-11,13H2,(H,23,26). The van der Waals surface area contributed by atoms with Crippen molar-refractivity contribution in [1.82, 2.24) is 10.2 Å². The van der Waals surface area contributed by atoms with E-state index in [-0.39, 0.29) is 37.2 Å². The molecule has 2 aliphatic heterocycles. The van der Waals surface area contributed by atoms with Crippen LogP contribution in [0.5, 0.6) is 5.75 Å². The molecule has 0 saturated carbocycles. The molecule has 0 spiro atoms. The van der Waals surface area contributed by atoms with Crippen LogP contribution in [0.15, 0.2) is 42.5 Å². The number of rotatable bonds is 7. The lowest BCUT2D eigenvalue weighted by molar-refractivity contribution is -0.121. The fourth-order valence-corrected chi connectivity index (χ4v) is 3.67. The van der Waals surface area contributed by atoms with Gasteiger partial charge in [0.05, 0.1) is 23.8 Å². The molecule has 2 N–H and O–H groups in total. The molecule has 29 heavy (non-hydrogen) atoms. The largest absolute Gasteiger partial charge is 0.493 e. The molecule has 3 amide bonds. The highest BCUT2D eigenvalue weighted by Gasteiger charge is 2.34. The summed E-state index contributed by atoms with van der Waals surface area (Å²) in [4.78, 5) is 37.9. The van der Waals surface area contributed by atoms with Gasteiger partial charge in [0, 0.05) is 25.9 Å². The van der Waals surface area contributed by atoms with Crippen molar-refractivity contribution in [2.24, 2.45) is 0 Å². The highest BCUT2D eigenvalue weighted by Crippen LogP contribution is 2.28. The summed E-state index contributed by atoms with van der Waals surface area (Å²) in [5, 5.41) is 13.0. The normalized spacial score (nSPS) is 15.7. The van der Waals surface area contributed by atoms with Crippen molar-refractivity contribution in [3.63, 3.8) is 0 Å². The Labute approximate surface area is 168 Å². The van der Waals surface area contributed by atoms with Gasteiger partial charge in [-0.2, -0.15) is 0 Å². The van der Waals surface area contributed by atoms with E-state index in [9.17, 15) is 19.5 Å². The molecule has 2 aromatic rings. The van der Waals surface area contributed by atoms with Gasteiger partial charge in [-0.15, -0.1) is 0 Å². The molecular formula is C22H22N2O5. The van der Waals surface area contributed by atoms with Crippen LogP contribution in [-0.4, -0.2) is 47.4 Å². The maximum atomic E-state index is 12.3. The molecule has 0 aromatic heterocycles. The van der Waals surface area contributed by atoms with Gasteiger partial charge in [-0.3, -0.25) is 19.3 Å². The number of ether oxygens (including phenoxy) is 1. The van der Waals surface area contributed by atoms with Crippen LogP contribution in [-0.2, 0) is 11.2 Å². The van der Waals surface area contributed by atoms with Crippen LogP contribution < -0.4 is 10.1 Å². The third kappa shape index (κ3) is 3.86. The Bertz CT molecular complexity index is 936. The molecule has 0 radical (unpaired) electrons. The van der Waals surface area contributed by atoms with Crippen molar-refractivity contribution < 1.29 is 24.2 Å². The third-order valence-corrected chi connectivity index (χ3v) is 5.25. The van der Waals surface area contributed by atoms with Crippen molar-refractivity contribution in [2.45, 2.75) is 25.4 Å². The molecule has 7 nitrogen and oxygen atoms in total. The van der Waals surface area contributed by atoms with E-state index in [4.69, 9.17) is 4.74 Å². The molecule has 0 saturated heterocycles. The molecule has 0 fully saturated rings. The highest BCUT2D eigenvalue weighted by molar-refractivity contribution is 6.21. The first-order valence-corrected chi connectivity index (χ1v) is 9.70. The Morgan fingerprint density at radius 1 is 1.14 bits per heavy atom. The van der Waals surface area contributed by atoms with Crippen molar-refractivity contribution in [3.05, 3.63) is 64.7 Å². The lowest BCUT2D eigenvalue weighted by Crippen LogP contribution is -2.32. The summed E-state index contributed by atoms with van der Waals surface area (Å²) in [6.45, 7) is 0.942. The van der Waals surface area contributed by atoms with E-state index in [1.807, 2.05) is 12.1 Å². The topological polar surface area (TPSA) is 95.9 Å². The highest BCUT2D eigenvalue weighted by atomic mass is 16.5. The van der Waals surface area contributed by atoms with E-state index < -0.39 is 6.10 Å². The van der Waals surface area contributed by atoms with E-state index in [1.165, 1.54) is 4.90 Å². The quantitative estimate of drug-likeness (QED) is 0.699. The average molecular weight is 394 g/mol. The van der Waals surface area contributed by atoms with Crippen LogP contribution in [0.25, 0.3) is 0 Å². The maximum Gasteiger partial charge on any atom is 0.261 e. The summed E-state index contributed by atoms with van der Waals surface area (Å²) in [7, 11) is 0. The molecule has 7 heteroatoms. The van der Waals surface area contributed by atoms with E-state index in [1.54, 1.807) is 30.3 Å². The molecule has 0 bridgehead atoms. The minimum absolute atomic E-state index is 0.103. The number of nitrogens with one attached hydrogen (secondary N) is 1. The van der Waals surface area contributed by atoms with Gasteiger partial charge in [-0.05, 0) is 41.8 Å². The summed E-state index contributed by atoms with van der Waals surface area (Å²) in [6, 6.07) is 12.2. The van der Waals surface area contributed by atoms with Crippen LogP contribution in [0.4, 0.5) is 0 Å². The van der Waals surface area contributed by atoms with Crippen molar-refractivity contribution in [3.8, 4) is 5.75 Å². The zero-order valence-corrected chi connectivity index (χ0v) is 15.9. The number of carbonyl (C=O) groups excluding carboxylic acids is 3. The first-order chi connectivity index (χ1) is 14.0. The third-order valence-electron chi connectivity index (χ3n) is 5.25. The van der Waals surface area contributed by atoms with Crippen molar-refractivity contribution in [1.29, 1.82) is 0 Å². The zero-order valence-electron chi connectivity index (χ0n) is 15.9. The molecule has 4 rings (SSSR count). The predicted octanol–water partition coefficient (Wildman–Crippen LogP) is 1.85. The molecule has 0 aliphatic carbocycles.